The first-order valence-electron chi connectivity index (χ1n) is 8.81. The maximum atomic E-state index is 12.3. The van der Waals surface area contributed by atoms with Gasteiger partial charge in [-0.3, -0.25) is 9.59 Å². The first-order chi connectivity index (χ1) is 13.6. The Hall–Kier alpha value is -3.31. The van der Waals surface area contributed by atoms with Crippen LogP contribution in [0.25, 0.3) is 0 Å². The molecule has 142 valence electrons. The molecule has 3 N–H and O–H groups in total. The molecular formula is C22H20ClN3O2. The molecule has 0 bridgehead atoms. The average molecular weight is 394 g/mol. The summed E-state index contributed by atoms with van der Waals surface area (Å²) < 4.78 is 0. The second kappa shape index (κ2) is 9.58. The topological polar surface area (TPSA) is 70.2 Å². The predicted octanol–water partition coefficient (Wildman–Crippen LogP) is 4.32. The van der Waals surface area contributed by atoms with Crippen molar-refractivity contribution in [2.24, 2.45) is 0 Å². The van der Waals surface area contributed by atoms with Crippen LogP contribution >= 0.6 is 11.6 Å². The summed E-state index contributed by atoms with van der Waals surface area (Å²) in [6.45, 7) is 0.540. The van der Waals surface area contributed by atoms with E-state index in [4.69, 9.17) is 11.6 Å². The van der Waals surface area contributed by atoms with Crippen LogP contribution < -0.4 is 16.0 Å². The van der Waals surface area contributed by atoms with Crippen molar-refractivity contribution in [3.63, 3.8) is 0 Å². The molecular weight excluding hydrogens is 374 g/mol. The van der Waals surface area contributed by atoms with Crippen molar-refractivity contribution in [1.82, 2.24) is 5.32 Å². The van der Waals surface area contributed by atoms with Gasteiger partial charge in [0, 0.05) is 28.5 Å². The van der Waals surface area contributed by atoms with E-state index in [-0.39, 0.29) is 18.4 Å². The molecule has 0 atom stereocenters. The van der Waals surface area contributed by atoms with Crippen molar-refractivity contribution in [3.8, 4) is 0 Å². The zero-order valence-electron chi connectivity index (χ0n) is 15.1. The SMILES string of the molecule is O=C(CNc1cccc(C(=O)NCc2ccccc2)c1)Nc1ccc(Cl)cc1. The fourth-order valence-corrected chi connectivity index (χ4v) is 2.70. The van der Waals surface area contributed by atoms with Gasteiger partial charge in [-0.15, -0.1) is 0 Å². The molecule has 0 fully saturated rings. The highest BCUT2D eigenvalue weighted by molar-refractivity contribution is 6.30. The number of carbonyl (C=O) groups is 2. The lowest BCUT2D eigenvalue weighted by Crippen LogP contribution is -2.23. The van der Waals surface area contributed by atoms with Crippen molar-refractivity contribution in [1.29, 1.82) is 0 Å². The van der Waals surface area contributed by atoms with E-state index in [2.05, 4.69) is 16.0 Å². The number of hydrogen-bond acceptors (Lipinski definition) is 3. The van der Waals surface area contributed by atoms with Gasteiger partial charge in [0.25, 0.3) is 5.91 Å². The third kappa shape index (κ3) is 5.86. The molecule has 0 saturated heterocycles. The molecule has 3 rings (SSSR count). The van der Waals surface area contributed by atoms with E-state index in [9.17, 15) is 9.59 Å². The van der Waals surface area contributed by atoms with Crippen LogP contribution in [0.2, 0.25) is 5.02 Å². The Bertz CT molecular complexity index is 944. The Morgan fingerprint density at radius 3 is 2.32 bits per heavy atom. The summed E-state index contributed by atoms with van der Waals surface area (Å²) in [5, 5.41) is 9.30. The van der Waals surface area contributed by atoms with Gasteiger partial charge in [0.05, 0.1) is 6.54 Å². The van der Waals surface area contributed by atoms with Crippen molar-refractivity contribution < 1.29 is 9.59 Å². The molecule has 3 aromatic rings. The highest BCUT2D eigenvalue weighted by atomic mass is 35.5. The van der Waals surface area contributed by atoms with E-state index in [0.717, 1.165) is 5.56 Å². The fourth-order valence-electron chi connectivity index (χ4n) is 2.57. The monoisotopic (exact) mass is 393 g/mol. The minimum Gasteiger partial charge on any atom is -0.376 e. The highest BCUT2D eigenvalue weighted by Crippen LogP contribution is 2.14. The standard InChI is InChI=1S/C22H20ClN3O2/c23-18-9-11-19(12-10-18)26-21(27)15-24-20-8-4-7-17(13-20)22(28)25-14-16-5-2-1-3-6-16/h1-13,24H,14-15H2,(H,25,28)(H,26,27). The van der Waals surface area contributed by atoms with Gasteiger partial charge in [-0.1, -0.05) is 48.0 Å². The fraction of sp³-hybridized carbons (Fsp3) is 0.0909. The summed E-state index contributed by atoms with van der Waals surface area (Å²) in [5.41, 5.74) is 2.92. The van der Waals surface area contributed by atoms with Crippen LogP contribution in [0.5, 0.6) is 0 Å². The van der Waals surface area contributed by atoms with Crippen LogP contribution in [0.1, 0.15) is 15.9 Å². The second-order valence-electron chi connectivity index (χ2n) is 6.16. The van der Waals surface area contributed by atoms with E-state index in [1.807, 2.05) is 36.4 Å². The lowest BCUT2D eigenvalue weighted by atomic mass is 10.1. The molecule has 0 radical (unpaired) electrons. The van der Waals surface area contributed by atoms with Crippen LogP contribution in [-0.4, -0.2) is 18.4 Å². The summed E-state index contributed by atoms with van der Waals surface area (Å²) >= 11 is 5.83. The summed E-state index contributed by atoms with van der Waals surface area (Å²) in [5.74, 6) is -0.362. The summed E-state index contributed by atoms with van der Waals surface area (Å²) in [4.78, 5) is 24.4. The largest absolute Gasteiger partial charge is 0.376 e. The van der Waals surface area contributed by atoms with Crippen LogP contribution in [0.15, 0.2) is 78.9 Å². The number of anilines is 2. The minimum atomic E-state index is -0.193. The Labute approximate surface area is 168 Å². The quantitative estimate of drug-likeness (QED) is 0.559. The van der Waals surface area contributed by atoms with Gasteiger partial charge in [0.15, 0.2) is 0 Å². The van der Waals surface area contributed by atoms with E-state index in [1.54, 1.807) is 42.5 Å². The molecule has 0 aliphatic rings. The molecule has 0 aromatic heterocycles. The summed E-state index contributed by atoms with van der Waals surface area (Å²) in [7, 11) is 0. The van der Waals surface area contributed by atoms with E-state index in [0.29, 0.717) is 28.5 Å². The Balaban J connectivity index is 1.51. The molecule has 0 unspecified atom stereocenters. The van der Waals surface area contributed by atoms with E-state index in [1.165, 1.54) is 0 Å². The van der Waals surface area contributed by atoms with E-state index < -0.39 is 0 Å². The molecule has 0 spiro atoms. The zero-order valence-corrected chi connectivity index (χ0v) is 15.9. The lowest BCUT2D eigenvalue weighted by Gasteiger charge is -2.10. The van der Waals surface area contributed by atoms with Gasteiger partial charge in [-0.25, -0.2) is 0 Å². The molecule has 0 aliphatic heterocycles. The van der Waals surface area contributed by atoms with Crippen LogP contribution in [-0.2, 0) is 11.3 Å². The van der Waals surface area contributed by atoms with Crippen LogP contribution in [0, 0.1) is 0 Å². The number of amides is 2. The number of rotatable bonds is 7. The molecule has 2 amide bonds. The van der Waals surface area contributed by atoms with E-state index >= 15 is 0 Å². The third-order valence-corrected chi connectivity index (χ3v) is 4.25. The Morgan fingerprint density at radius 1 is 0.821 bits per heavy atom. The highest BCUT2D eigenvalue weighted by Gasteiger charge is 2.07. The van der Waals surface area contributed by atoms with Gasteiger partial charge in [0.1, 0.15) is 0 Å². The van der Waals surface area contributed by atoms with Gasteiger partial charge >= 0.3 is 0 Å². The maximum absolute atomic E-state index is 12.3. The third-order valence-electron chi connectivity index (χ3n) is 4.00. The van der Waals surface area contributed by atoms with Gasteiger partial charge in [-0.05, 0) is 48.0 Å². The van der Waals surface area contributed by atoms with Crippen molar-refractivity contribution in [2.75, 3.05) is 17.2 Å². The summed E-state index contributed by atoms with van der Waals surface area (Å²) in [6, 6.07) is 23.6. The average Bonchev–Trinajstić information content (AvgIpc) is 2.73. The molecule has 3 aromatic carbocycles. The van der Waals surface area contributed by atoms with Crippen molar-refractivity contribution in [2.45, 2.75) is 6.54 Å². The molecule has 0 heterocycles. The van der Waals surface area contributed by atoms with Gasteiger partial charge < -0.3 is 16.0 Å². The Kier molecular flexibility index (Phi) is 6.65. The minimum absolute atomic E-state index is 0.0811. The number of nitrogens with one attached hydrogen (secondary N) is 3. The van der Waals surface area contributed by atoms with Crippen LogP contribution in [0.3, 0.4) is 0 Å². The number of halogens is 1. The van der Waals surface area contributed by atoms with Crippen LogP contribution in [0.4, 0.5) is 11.4 Å². The lowest BCUT2D eigenvalue weighted by molar-refractivity contribution is -0.114. The van der Waals surface area contributed by atoms with Crippen molar-refractivity contribution >= 4 is 34.8 Å². The normalized spacial score (nSPS) is 10.2. The first kappa shape index (κ1) is 19.5. The summed E-state index contributed by atoms with van der Waals surface area (Å²) in [6.07, 6.45) is 0. The van der Waals surface area contributed by atoms with Gasteiger partial charge in [0.2, 0.25) is 5.91 Å². The molecule has 28 heavy (non-hydrogen) atoms. The van der Waals surface area contributed by atoms with Crippen molar-refractivity contribution in [3.05, 3.63) is 95.0 Å². The number of carbonyl (C=O) groups excluding carboxylic acids is 2. The zero-order chi connectivity index (χ0) is 19.8. The maximum Gasteiger partial charge on any atom is 0.251 e. The second-order valence-corrected chi connectivity index (χ2v) is 6.59. The molecule has 6 heteroatoms. The number of benzene rings is 3. The van der Waals surface area contributed by atoms with Gasteiger partial charge in [-0.2, -0.15) is 0 Å². The Morgan fingerprint density at radius 2 is 1.57 bits per heavy atom. The predicted molar refractivity (Wildman–Crippen MR) is 113 cm³/mol. The first-order valence-corrected chi connectivity index (χ1v) is 9.19. The smallest absolute Gasteiger partial charge is 0.251 e. The number of hydrogen-bond donors (Lipinski definition) is 3. The molecule has 0 aliphatic carbocycles. The molecule has 0 saturated carbocycles. The molecule has 5 nitrogen and oxygen atoms in total.